The van der Waals surface area contributed by atoms with Crippen molar-refractivity contribution in [2.24, 2.45) is 0 Å². The number of pyridine rings is 1. The largest absolute Gasteiger partial charge is 0.317 e. The van der Waals surface area contributed by atoms with Gasteiger partial charge < -0.3 is 5.32 Å². The zero-order valence-corrected chi connectivity index (χ0v) is 15.3. The van der Waals surface area contributed by atoms with Gasteiger partial charge in [-0.3, -0.25) is 4.79 Å². The van der Waals surface area contributed by atoms with Crippen molar-refractivity contribution in [2.45, 2.75) is 52.0 Å². The van der Waals surface area contributed by atoms with Crippen LogP contribution < -0.4 is 9.88 Å². The highest BCUT2D eigenvalue weighted by Gasteiger charge is 2.23. The Morgan fingerprint density at radius 3 is 2.58 bits per heavy atom. The highest BCUT2D eigenvalue weighted by Crippen LogP contribution is 2.35. The van der Waals surface area contributed by atoms with E-state index in [0.29, 0.717) is 17.0 Å². The van der Waals surface area contributed by atoms with E-state index in [1.807, 2.05) is 36.0 Å². The number of nitrogens with zero attached hydrogens (tertiary/aromatic N) is 2. The molecule has 1 amide bonds. The van der Waals surface area contributed by atoms with Gasteiger partial charge in [-0.2, -0.15) is 5.26 Å². The predicted octanol–water partition coefficient (Wildman–Crippen LogP) is 4.01. The van der Waals surface area contributed by atoms with Crippen LogP contribution in [-0.2, 0) is 16.8 Å². The number of anilines is 1. The Labute approximate surface area is 147 Å². The number of carbonyl (C=O) groups is 1. The highest BCUT2D eigenvalue weighted by atomic mass is 32.1. The maximum Gasteiger partial charge on any atom is 0.225 e. The number of aromatic nitrogens is 1. The van der Waals surface area contributed by atoms with Gasteiger partial charge in [0.1, 0.15) is 17.6 Å². The van der Waals surface area contributed by atoms with E-state index in [9.17, 15) is 10.1 Å². The number of thiophene rings is 1. The lowest BCUT2D eigenvalue weighted by atomic mass is 9.86. The predicted molar refractivity (Wildman–Crippen MR) is 96.9 cm³/mol. The summed E-state index contributed by atoms with van der Waals surface area (Å²) in [6, 6.07) is 8.23. The molecule has 1 N–H and O–H groups in total. The number of aryl methyl sites for hydroxylation is 1. The fraction of sp³-hybridized carbons (Fsp3) is 0.421. The summed E-state index contributed by atoms with van der Waals surface area (Å²) in [4.78, 5) is 12.1. The molecule has 0 aliphatic rings. The summed E-state index contributed by atoms with van der Waals surface area (Å²) in [6.45, 7) is 7.12. The van der Waals surface area contributed by atoms with Crippen molar-refractivity contribution in [2.75, 3.05) is 5.32 Å². The van der Waals surface area contributed by atoms with Gasteiger partial charge in [-0.1, -0.05) is 26.8 Å². The van der Waals surface area contributed by atoms with Crippen molar-refractivity contribution in [3.8, 4) is 6.07 Å². The lowest BCUT2D eigenvalue weighted by molar-refractivity contribution is -0.697. The summed E-state index contributed by atoms with van der Waals surface area (Å²) in [5, 5.41) is 15.0. The summed E-state index contributed by atoms with van der Waals surface area (Å²) in [7, 11) is 0. The lowest BCUT2D eigenvalue weighted by Crippen LogP contribution is -2.32. The van der Waals surface area contributed by atoms with E-state index >= 15 is 0 Å². The van der Waals surface area contributed by atoms with Crippen LogP contribution in [0.15, 0.2) is 36.0 Å². The van der Waals surface area contributed by atoms with Crippen LogP contribution in [0.1, 0.15) is 51.2 Å². The minimum absolute atomic E-state index is 0.0214. The second-order valence-corrected chi connectivity index (χ2v) is 7.71. The van der Waals surface area contributed by atoms with Gasteiger partial charge in [0.25, 0.3) is 0 Å². The topological polar surface area (TPSA) is 56.8 Å². The summed E-state index contributed by atoms with van der Waals surface area (Å²) in [5.41, 5.74) is 1.49. The minimum atomic E-state index is -0.0998. The molecule has 0 spiro atoms. The van der Waals surface area contributed by atoms with E-state index < -0.39 is 0 Å². The fourth-order valence-electron chi connectivity index (χ4n) is 2.47. The molecule has 5 heteroatoms. The van der Waals surface area contributed by atoms with Gasteiger partial charge in [-0.15, -0.1) is 11.3 Å². The molecule has 0 saturated heterocycles. The SMILES string of the molecule is CC(C)(C)c1csc(NC(=O)CCCC[n+]2ccccc2)c1C#N. The molecule has 0 unspecified atom stereocenters. The first-order valence-corrected chi connectivity index (χ1v) is 9.06. The lowest BCUT2D eigenvalue weighted by Gasteiger charge is -2.17. The quantitative estimate of drug-likeness (QED) is 0.637. The van der Waals surface area contributed by atoms with Crippen molar-refractivity contribution in [1.29, 1.82) is 5.26 Å². The second-order valence-electron chi connectivity index (χ2n) is 6.83. The number of nitriles is 1. The molecule has 2 heterocycles. The molecule has 0 aromatic carbocycles. The third-order valence-corrected chi connectivity index (χ3v) is 4.71. The maximum absolute atomic E-state index is 12.1. The van der Waals surface area contributed by atoms with Gasteiger partial charge in [0, 0.05) is 25.0 Å². The van der Waals surface area contributed by atoms with E-state index in [0.717, 1.165) is 24.9 Å². The maximum atomic E-state index is 12.1. The first-order chi connectivity index (χ1) is 11.4. The zero-order chi connectivity index (χ0) is 17.6. The average Bonchev–Trinajstić information content (AvgIpc) is 2.95. The van der Waals surface area contributed by atoms with Gasteiger partial charge in [0.15, 0.2) is 12.4 Å². The van der Waals surface area contributed by atoms with Crippen LogP contribution in [0.4, 0.5) is 5.00 Å². The molecule has 0 radical (unpaired) electrons. The number of carbonyl (C=O) groups excluding carboxylic acids is 1. The number of nitrogens with one attached hydrogen (secondary N) is 1. The van der Waals surface area contributed by atoms with E-state index in [2.05, 4.69) is 36.7 Å². The van der Waals surface area contributed by atoms with E-state index in [4.69, 9.17) is 0 Å². The van der Waals surface area contributed by atoms with Crippen LogP contribution in [0.25, 0.3) is 0 Å². The molecule has 0 aliphatic carbocycles. The molecular weight excluding hydrogens is 318 g/mol. The van der Waals surface area contributed by atoms with Crippen LogP contribution >= 0.6 is 11.3 Å². The Morgan fingerprint density at radius 2 is 1.96 bits per heavy atom. The van der Waals surface area contributed by atoms with Crippen molar-refractivity contribution in [3.05, 3.63) is 47.1 Å². The number of unbranched alkanes of at least 4 members (excludes halogenated alkanes) is 1. The first kappa shape index (κ1) is 18.2. The third-order valence-electron chi connectivity index (χ3n) is 3.81. The molecule has 0 aliphatic heterocycles. The molecule has 0 atom stereocenters. The van der Waals surface area contributed by atoms with Crippen molar-refractivity contribution >= 4 is 22.2 Å². The number of hydrogen-bond acceptors (Lipinski definition) is 3. The van der Waals surface area contributed by atoms with Crippen LogP contribution in [0.3, 0.4) is 0 Å². The number of hydrogen-bond donors (Lipinski definition) is 1. The standard InChI is InChI=1S/C19H23N3OS/c1-19(2,3)16-14-24-18(15(16)13-20)21-17(23)9-5-8-12-22-10-6-4-7-11-22/h4,6-7,10-11,14H,5,8-9,12H2,1-3H3/p+1. The Balaban J connectivity index is 1.85. The zero-order valence-electron chi connectivity index (χ0n) is 14.5. The fourth-order valence-corrected chi connectivity index (χ4v) is 3.62. The first-order valence-electron chi connectivity index (χ1n) is 8.18. The summed E-state index contributed by atoms with van der Waals surface area (Å²) >= 11 is 1.43. The van der Waals surface area contributed by atoms with E-state index in [-0.39, 0.29) is 11.3 Å². The monoisotopic (exact) mass is 342 g/mol. The Hall–Kier alpha value is -2.19. The molecule has 2 rings (SSSR count). The number of rotatable bonds is 6. The van der Waals surface area contributed by atoms with Crippen molar-refractivity contribution < 1.29 is 9.36 Å². The molecule has 24 heavy (non-hydrogen) atoms. The molecule has 0 saturated carbocycles. The highest BCUT2D eigenvalue weighted by molar-refractivity contribution is 7.14. The molecular formula is C19H24N3OS+. The van der Waals surface area contributed by atoms with Gasteiger partial charge in [0.2, 0.25) is 5.91 Å². The average molecular weight is 342 g/mol. The van der Waals surface area contributed by atoms with Gasteiger partial charge in [-0.25, -0.2) is 4.57 Å². The number of amides is 1. The van der Waals surface area contributed by atoms with Gasteiger partial charge in [0.05, 0.1) is 5.56 Å². The van der Waals surface area contributed by atoms with Crippen LogP contribution in [-0.4, -0.2) is 5.91 Å². The third kappa shape index (κ3) is 4.90. The van der Waals surface area contributed by atoms with Crippen LogP contribution in [0.2, 0.25) is 0 Å². The summed E-state index contributed by atoms with van der Waals surface area (Å²) < 4.78 is 2.11. The van der Waals surface area contributed by atoms with Crippen molar-refractivity contribution in [3.63, 3.8) is 0 Å². The van der Waals surface area contributed by atoms with Crippen LogP contribution in [0.5, 0.6) is 0 Å². The Morgan fingerprint density at radius 1 is 1.25 bits per heavy atom. The van der Waals surface area contributed by atoms with E-state index in [1.54, 1.807) is 0 Å². The normalized spacial score (nSPS) is 11.1. The van der Waals surface area contributed by atoms with E-state index in [1.165, 1.54) is 11.3 Å². The minimum Gasteiger partial charge on any atom is -0.317 e. The smallest absolute Gasteiger partial charge is 0.225 e. The molecule has 2 aromatic rings. The molecule has 126 valence electrons. The molecule has 2 aromatic heterocycles. The molecule has 0 bridgehead atoms. The van der Waals surface area contributed by atoms with Crippen molar-refractivity contribution in [1.82, 2.24) is 0 Å². The Kier molecular flexibility index (Phi) is 6.10. The molecule has 0 fully saturated rings. The van der Waals surface area contributed by atoms with Gasteiger partial charge >= 0.3 is 0 Å². The van der Waals surface area contributed by atoms with Gasteiger partial charge in [-0.05, 0) is 22.8 Å². The molecule has 4 nitrogen and oxygen atoms in total. The van der Waals surface area contributed by atoms with Crippen LogP contribution in [0, 0.1) is 11.3 Å². The Bertz CT molecular complexity index is 723. The second kappa shape index (κ2) is 8.07. The summed E-state index contributed by atoms with van der Waals surface area (Å²) in [6.07, 6.45) is 6.30. The summed E-state index contributed by atoms with van der Waals surface area (Å²) in [5.74, 6) is -0.0214.